The normalized spacial score (nSPS) is 11.8. The van der Waals surface area contributed by atoms with Crippen LogP contribution in [0.4, 0.5) is 0 Å². The van der Waals surface area contributed by atoms with E-state index in [9.17, 15) is 14.4 Å². The smallest absolute Gasteiger partial charge is 0.306 e. The van der Waals surface area contributed by atoms with Crippen LogP contribution >= 0.6 is 0 Å². The molecule has 0 aromatic heterocycles. The van der Waals surface area contributed by atoms with E-state index < -0.39 is 6.10 Å². The van der Waals surface area contributed by atoms with Gasteiger partial charge >= 0.3 is 17.9 Å². The number of carbonyl (C=O) groups excluding carboxylic acids is 3. The monoisotopic (exact) mass is 526 g/mol. The molecule has 6 nitrogen and oxygen atoms in total. The summed E-state index contributed by atoms with van der Waals surface area (Å²) in [6, 6.07) is 0. The second-order valence-electron chi connectivity index (χ2n) is 10.4. The average Bonchev–Trinajstić information content (AvgIpc) is 2.88. The van der Waals surface area contributed by atoms with Crippen molar-refractivity contribution in [2.75, 3.05) is 13.2 Å². The third kappa shape index (κ3) is 25.8. The molecule has 0 amide bonds. The minimum Gasteiger partial charge on any atom is -0.462 e. The predicted molar refractivity (Wildman–Crippen MR) is 150 cm³/mol. The van der Waals surface area contributed by atoms with E-state index in [0.29, 0.717) is 25.7 Å². The first-order valence-corrected chi connectivity index (χ1v) is 15.5. The van der Waals surface area contributed by atoms with Gasteiger partial charge in [-0.3, -0.25) is 14.4 Å². The first-order chi connectivity index (χ1) is 18.0. The van der Waals surface area contributed by atoms with E-state index >= 15 is 0 Å². The molecule has 0 bridgehead atoms. The molecule has 218 valence electrons. The van der Waals surface area contributed by atoms with Gasteiger partial charge in [0.25, 0.3) is 0 Å². The highest BCUT2D eigenvalue weighted by atomic mass is 16.6. The van der Waals surface area contributed by atoms with Gasteiger partial charge < -0.3 is 14.2 Å². The molecular formula is C31H58O6. The zero-order chi connectivity index (χ0) is 27.4. The molecule has 1 atom stereocenters. The molecule has 37 heavy (non-hydrogen) atoms. The second kappa shape index (κ2) is 27.4. The van der Waals surface area contributed by atoms with Crippen molar-refractivity contribution in [3.05, 3.63) is 0 Å². The zero-order valence-electron chi connectivity index (χ0n) is 24.5. The van der Waals surface area contributed by atoms with Crippen molar-refractivity contribution in [3.8, 4) is 0 Å². The van der Waals surface area contributed by atoms with Crippen molar-refractivity contribution in [2.45, 2.75) is 168 Å². The third-order valence-corrected chi connectivity index (χ3v) is 6.58. The molecule has 0 N–H and O–H groups in total. The molecule has 0 rings (SSSR count). The van der Waals surface area contributed by atoms with E-state index in [2.05, 4.69) is 13.8 Å². The molecule has 0 heterocycles. The summed E-state index contributed by atoms with van der Waals surface area (Å²) in [5.74, 6) is -0.948. The molecule has 0 spiro atoms. The Bertz CT molecular complexity index is 548. The second-order valence-corrected chi connectivity index (χ2v) is 10.4. The van der Waals surface area contributed by atoms with Gasteiger partial charge in [0.2, 0.25) is 0 Å². The summed E-state index contributed by atoms with van der Waals surface area (Å²) < 4.78 is 16.1. The lowest BCUT2D eigenvalue weighted by Gasteiger charge is -2.18. The van der Waals surface area contributed by atoms with Gasteiger partial charge in [-0.2, -0.15) is 0 Å². The van der Waals surface area contributed by atoms with Gasteiger partial charge in [-0.05, 0) is 19.3 Å². The van der Waals surface area contributed by atoms with Gasteiger partial charge in [0.05, 0.1) is 0 Å². The number of ether oxygens (including phenoxy) is 3. The van der Waals surface area contributed by atoms with Gasteiger partial charge in [0, 0.05) is 19.3 Å². The lowest BCUT2D eigenvalue weighted by Crippen LogP contribution is -2.30. The van der Waals surface area contributed by atoms with Crippen molar-refractivity contribution in [1.29, 1.82) is 0 Å². The van der Waals surface area contributed by atoms with E-state index in [-0.39, 0.29) is 31.1 Å². The van der Waals surface area contributed by atoms with Gasteiger partial charge in [0.15, 0.2) is 6.10 Å². The SMILES string of the molecule is CCCCCCCCCCCCCCC(=O)O[C@H](COC(=O)CCC)COC(=O)CCCCCCCC. The first kappa shape index (κ1) is 35.4. The highest BCUT2D eigenvalue weighted by Crippen LogP contribution is 2.13. The molecular weight excluding hydrogens is 468 g/mol. The molecule has 0 saturated carbocycles. The van der Waals surface area contributed by atoms with Gasteiger partial charge in [-0.15, -0.1) is 0 Å². The molecule has 0 aliphatic carbocycles. The topological polar surface area (TPSA) is 78.9 Å². The Morgan fingerprint density at radius 1 is 0.432 bits per heavy atom. The first-order valence-electron chi connectivity index (χ1n) is 15.5. The van der Waals surface area contributed by atoms with Crippen molar-refractivity contribution in [2.24, 2.45) is 0 Å². The van der Waals surface area contributed by atoms with E-state index in [0.717, 1.165) is 38.5 Å². The van der Waals surface area contributed by atoms with E-state index in [1.807, 2.05) is 6.92 Å². The Labute approximate surface area is 228 Å². The molecule has 0 saturated heterocycles. The molecule has 0 aliphatic rings. The number of hydrogen-bond donors (Lipinski definition) is 0. The maximum absolute atomic E-state index is 12.3. The number of carbonyl (C=O) groups is 3. The van der Waals surface area contributed by atoms with Crippen LogP contribution in [0.2, 0.25) is 0 Å². The molecule has 0 aromatic rings. The lowest BCUT2D eigenvalue weighted by molar-refractivity contribution is -0.167. The van der Waals surface area contributed by atoms with Crippen LogP contribution < -0.4 is 0 Å². The summed E-state index contributed by atoms with van der Waals surface area (Å²) >= 11 is 0. The van der Waals surface area contributed by atoms with Crippen LogP contribution in [0.15, 0.2) is 0 Å². The lowest BCUT2D eigenvalue weighted by atomic mass is 10.0. The summed E-state index contributed by atoms with van der Waals surface area (Å²) in [6.45, 7) is 6.18. The molecule has 0 aromatic carbocycles. The maximum atomic E-state index is 12.3. The molecule has 0 aliphatic heterocycles. The van der Waals surface area contributed by atoms with Gasteiger partial charge in [0.1, 0.15) is 13.2 Å². The highest BCUT2D eigenvalue weighted by molar-refractivity contribution is 5.71. The molecule has 6 heteroatoms. The summed E-state index contributed by atoms with van der Waals surface area (Å²) in [4.78, 5) is 36.2. The number of hydrogen-bond acceptors (Lipinski definition) is 6. The van der Waals surface area contributed by atoms with Crippen LogP contribution in [0.1, 0.15) is 162 Å². The Balaban J connectivity index is 4.09. The molecule has 0 fully saturated rings. The Morgan fingerprint density at radius 2 is 0.784 bits per heavy atom. The van der Waals surface area contributed by atoms with Crippen LogP contribution in [0.25, 0.3) is 0 Å². The van der Waals surface area contributed by atoms with E-state index in [4.69, 9.17) is 14.2 Å². The van der Waals surface area contributed by atoms with Crippen LogP contribution in [-0.2, 0) is 28.6 Å². The van der Waals surface area contributed by atoms with Crippen LogP contribution in [0.3, 0.4) is 0 Å². The number of unbranched alkanes of at least 4 members (excludes halogenated alkanes) is 16. The largest absolute Gasteiger partial charge is 0.462 e. The Kier molecular flexibility index (Phi) is 26.3. The fourth-order valence-corrected chi connectivity index (χ4v) is 4.24. The average molecular weight is 527 g/mol. The van der Waals surface area contributed by atoms with Crippen molar-refractivity contribution in [3.63, 3.8) is 0 Å². The standard InChI is InChI=1S/C31H58O6/c1-4-7-9-11-13-14-15-16-17-18-20-22-25-31(34)37-28(26-35-29(32)23-6-3)27-36-30(33)24-21-19-12-10-8-5-2/h28H,4-27H2,1-3H3/t28-/m1/s1. The minimum absolute atomic E-state index is 0.0712. The van der Waals surface area contributed by atoms with Crippen LogP contribution in [0.5, 0.6) is 0 Å². The molecule has 0 radical (unpaired) electrons. The zero-order valence-corrected chi connectivity index (χ0v) is 24.5. The van der Waals surface area contributed by atoms with E-state index in [1.54, 1.807) is 0 Å². The van der Waals surface area contributed by atoms with Crippen LogP contribution in [0, 0.1) is 0 Å². The van der Waals surface area contributed by atoms with Crippen molar-refractivity contribution >= 4 is 17.9 Å². The van der Waals surface area contributed by atoms with Gasteiger partial charge in [-0.25, -0.2) is 0 Å². The summed E-state index contributed by atoms with van der Waals surface area (Å²) in [5, 5.41) is 0. The highest BCUT2D eigenvalue weighted by Gasteiger charge is 2.19. The quantitative estimate of drug-likeness (QED) is 0.0605. The fraction of sp³-hybridized carbons (Fsp3) is 0.903. The maximum Gasteiger partial charge on any atom is 0.306 e. The summed E-state index contributed by atoms with van der Waals surface area (Å²) in [5.41, 5.74) is 0. The summed E-state index contributed by atoms with van der Waals surface area (Å²) in [7, 11) is 0. The van der Waals surface area contributed by atoms with Gasteiger partial charge in [-0.1, -0.05) is 124 Å². The number of rotatable bonds is 27. The van der Waals surface area contributed by atoms with Crippen molar-refractivity contribution < 1.29 is 28.6 Å². The number of esters is 3. The Morgan fingerprint density at radius 3 is 1.19 bits per heavy atom. The Hall–Kier alpha value is -1.59. The fourth-order valence-electron chi connectivity index (χ4n) is 4.24. The molecule has 0 unspecified atom stereocenters. The van der Waals surface area contributed by atoms with Crippen molar-refractivity contribution in [1.82, 2.24) is 0 Å². The minimum atomic E-state index is -0.751. The van der Waals surface area contributed by atoms with E-state index in [1.165, 1.54) is 77.0 Å². The summed E-state index contributed by atoms with van der Waals surface area (Å²) in [6.07, 6.45) is 22.4. The van der Waals surface area contributed by atoms with Crippen LogP contribution in [-0.4, -0.2) is 37.2 Å². The predicted octanol–water partition coefficient (Wildman–Crippen LogP) is 8.63. The third-order valence-electron chi connectivity index (χ3n) is 6.58.